The minimum absolute atomic E-state index is 0.0711. The van der Waals surface area contributed by atoms with Crippen molar-refractivity contribution in [2.24, 2.45) is 0 Å². The summed E-state index contributed by atoms with van der Waals surface area (Å²) in [4.78, 5) is 0. The zero-order valence-electron chi connectivity index (χ0n) is 9.64. The van der Waals surface area contributed by atoms with Crippen molar-refractivity contribution in [3.63, 3.8) is 0 Å². The highest BCUT2D eigenvalue weighted by molar-refractivity contribution is 5.47. The fraction of sp³-hybridized carbons (Fsp3) is 0.143. The van der Waals surface area contributed by atoms with Crippen molar-refractivity contribution >= 4 is 5.69 Å². The predicted molar refractivity (Wildman–Crippen MR) is 68.3 cm³/mol. The zero-order chi connectivity index (χ0) is 12.3. The number of nitrogens with one attached hydrogen (secondary N) is 1. The molecule has 0 amide bonds. The average Bonchev–Trinajstić information content (AvgIpc) is 2.28. The predicted octanol–water partition coefficient (Wildman–Crippen LogP) is 3.02. The van der Waals surface area contributed by atoms with Crippen molar-refractivity contribution in [1.29, 1.82) is 0 Å². The molecule has 3 N–H and O–H groups in total. The van der Waals surface area contributed by atoms with E-state index in [4.69, 9.17) is 0 Å². The lowest BCUT2D eigenvalue weighted by Crippen LogP contribution is -1.99. The first kappa shape index (κ1) is 11.3. The summed E-state index contributed by atoms with van der Waals surface area (Å²) in [6.07, 6.45) is 0. The number of phenolic OH excluding ortho intramolecular Hbond substituents is 2. The quantitative estimate of drug-likeness (QED) is 0.758. The van der Waals surface area contributed by atoms with Crippen LogP contribution in [0.2, 0.25) is 0 Å². The van der Waals surface area contributed by atoms with E-state index in [1.807, 2.05) is 31.2 Å². The van der Waals surface area contributed by atoms with Gasteiger partial charge in [0.2, 0.25) is 0 Å². The number of aryl methyl sites for hydroxylation is 1. The molecule has 2 aromatic carbocycles. The van der Waals surface area contributed by atoms with Gasteiger partial charge in [-0.1, -0.05) is 12.1 Å². The van der Waals surface area contributed by atoms with Gasteiger partial charge in [0.1, 0.15) is 11.5 Å². The highest BCUT2D eigenvalue weighted by Crippen LogP contribution is 2.23. The number of rotatable bonds is 3. The van der Waals surface area contributed by atoms with Crippen LogP contribution in [-0.2, 0) is 6.54 Å². The molecule has 2 rings (SSSR count). The minimum Gasteiger partial charge on any atom is -0.508 e. The molecule has 3 heteroatoms. The first-order chi connectivity index (χ1) is 8.15. The summed E-state index contributed by atoms with van der Waals surface area (Å²) in [6, 6.07) is 12.6. The molecule has 0 unspecified atom stereocenters. The molecular formula is C14H15NO2. The van der Waals surface area contributed by atoms with Crippen LogP contribution in [0.3, 0.4) is 0 Å². The number of hydrogen-bond donors (Lipinski definition) is 3. The summed E-state index contributed by atoms with van der Waals surface area (Å²) < 4.78 is 0. The Balaban J connectivity index is 2.07. The van der Waals surface area contributed by atoms with Crippen LogP contribution in [0.4, 0.5) is 5.69 Å². The molecule has 0 aliphatic heterocycles. The van der Waals surface area contributed by atoms with Gasteiger partial charge in [0, 0.05) is 23.9 Å². The average molecular weight is 229 g/mol. The normalized spacial score (nSPS) is 10.2. The van der Waals surface area contributed by atoms with Gasteiger partial charge >= 0.3 is 0 Å². The molecule has 0 heterocycles. The second kappa shape index (κ2) is 4.78. The summed E-state index contributed by atoms with van der Waals surface area (Å²) in [7, 11) is 0. The minimum atomic E-state index is 0.0711. The third kappa shape index (κ3) is 2.91. The largest absolute Gasteiger partial charge is 0.508 e. The maximum atomic E-state index is 9.62. The van der Waals surface area contributed by atoms with Crippen LogP contribution >= 0.6 is 0 Å². The van der Waals surface area contributed by atoms with Crippen LogP contribution in [0.15, 0.2) is 42.5 Å². The Bertz CT molecular complexity index is 523. The van der Waals surface area contributed by atoms with Crippen molar-refractivity contribution in [2.45, 2.75) is 13.5 Å². The second-order valence-electron chi connectivity index (χ2n) is 4.04. The molecule has 0 aromatic heterocycles. The van der Waals surface area contributed by atoms with Crippen molar-refractivity contribution in [3.8, 4) is 11.5 Å². The van der Waals surface area contributed by atoms with E-state index < -0.39 is 0 Å². The van der Waals surface area contributed by atoms with Crippen LogP contribution in [0.25, 0.3) is 0 Å². The van der Waals surface area contributed by atoms with E-state index in [0.29, 0.717) is 6.54 Å². The van der Waals surface area contributed by atoms with Crippen molar-refractivity contribution in [3.05, 3.63) is 53.6 Å². The Morgan fingerprint density at radius 1 is 1.06 bits per heavy atom. The number of phenols is 2. The standard InChI is InChI=1S/C14H15NO2/c1-10-3-2-4-12(7-10)15-9-11-5-6-13(16)8-14(11)17/h2-8,15-17H,9H2,1H3. The van der Waals surface area contributed by atoms with E-state index >= 15 is 0 Å². The Morgan fingerprint density at radius 2 is 1.88 bits per heavy atom. The van der Waals surface area contributed by atoms with Gasteiger partial charge in [0.25, 0.3) is 0 Å². The summed E-state index contributed by atoms with van der Waals surface area (Å²) in [5.74, 6) is 0.173. The summed E-state index contributed by atoms with van der Waals surface area (Å²) >= 11 is 0. The lowest BCUT2D eigenvalue weighted by Gasteiger charge is -2.09. The molecule has 17 heavy (non-hydrogen) atoms. The van der Waals surface area contributed by atoms with Crippen LogP contribution < -0.4 is 5.32 Å². The lowest BCUT2D eigenvalue weighted by atomic mass is 10.1. The van der Waals surface area contributed by atoms with Gasteiger partial charge in [-0.3, -0.25) is 0 Å². The molecule has 2 aromatic rings. The Hall–Kier alpha value is -2.16. The fourth-order valence-electron chi connectivity index (χ4n) is 1.65. The molecular weight excluding hydrogens is 214 g/mol. The van der Waals surface area contributed by atoms with Gasteiger partial charge in [0.15, 0.2) is 0 Å². The second-order valence-corrected chi connectivity index (χ2v) is 4.04. The van der Waals surface area contributed by atoms with E-state index in [-0.39, 0.29) is 11.5 Å². The highest BCUT2D eigenvalue weighted by atomic mass is 16.3. The molecule has 0 saturated heterocycles. The first-order valence-corrected chi connectivity index (χ1v) is 5.46. The molecule has 88 valence electrons. The maximum Gasteiger partial charge on any atom is 0.124 e. The molecule has 0 spiro atoms. The Morgan fingerprint density at radius 3 is 2.59 bits per heavy atom. The molecule has 3 nitrogen and oxygen atoms in total. The van der Waals surface area contributed by atoms with Gasteiger partial charge in [-0.05, 0) is 36.8 Å². The lowest BCUT2D eigenvalue weighted by molar-refractivity contribution is 0.446. The molecule has 0 radical (unpaired) electrons. The van der Waals surface area contributed by atoms with E-state index in [0.717, 1.165) is 11.3 Å². The van der Waals surface area contributed by atoms with E-state index in [1.165, 1.54) is 11.6 Å². The highest BCUT2D eigenvalue weighted by Gasteiger charge is 2.02. The Kier molecular flexibility index (Phi) is 3.19. The first-order valence-electron chi connectivity index (χ1n) is 5.46. The zero-order valence-corrected chi connectivity index (χ0v) is 9.64. The molecule has 0 saturated carbocycles. The number of benzene rings is 2. The monoisotopic (exact) mass is 229 g/mol. The van der Waals surface area contributed by atoms with Gasteiger partial charge in [-0.15, -0.1) is 0 Å². The molecule has 0 aliphatic rings. The van der Waals surface area contributed by atoms with E-state index in [1.54, 1.807) is 12.1 Å². The number of aromatic hydroxyl groups is 2. The maximum absolute atomic E-state index is 9.62. The van der Waals surface area contributed by atoms with Crippen molar-refractivity contribution in [2.75, 3.05) is 5.32 Å². The van der Waals surface area contributed by atoms with E-state index in [9.17, 15) is 10.2 Å². The topological polar surface area (TPSA) is 52.5 Å². The number of hydrogen-bond acceptors (Lipinski definition) is 3. The SMILES string of the molecule is Cc1cccc(NCc2ccc(O)cc2O)c1. The van der Waals surface area contributed by atoms with Crippen molar-refractivity contribution in [1.82, 2.24) is 0 Å². The number of anilines is 1. The summed E-state index contributed by atoms with van der Waals surface area (Å²) in [6.45, 7) is 2.55. The van der Waals surface area contributed by atoms with Gasteiger partial charge in [-0.2, -0.15) is 0 Å². The fourth-order valence-corrected chi connectivity index (χ4v) is 1.65. The van der Waals surface area contributed by atoms with Crippen LogP contribution in [0.5, 0.6) is 11.5 Å². The van der Waals surface area contributed by atoms with Crippen LogP contribution in [0, 0.1) is 6.92 Å². The molecule has 0 aliphatic carbocycles. The van der Waals surface area contributed by atoms with Crippen LogP contribution in [0.1, 0.15) is 11.1 Å². The van der Waals surface area contributed by atoms with Crippen LogP contribution in [-0.4, -0.2) is 10.2 Å². The summed E-state index contributed by atoms with van der Waals surface area (Å²) in [5, 5.41) is 22.0. The van der Waals surface area contributed by atoms with Gasteiger partial charge in [-0.25, -0.2) is 0 Å². The molecule has 0 bridgehead atoms. The summed E-state index contributed by atoms with van der Waals surface area (Å²) in [5.41, 5.74) is 2.95. The van der Waals surface area contributed by atoms with E-state index in [2.05, 4.69) is 5.32 Å². The molecule has 0 atom stereocenters. The smallest absolute Gasteiger partial charge is 0.124 e. The Labute approximate surface area is 100 Å². The molecule has 0 fully saturated rings. The third-order valence-corrected chi connectivity index (χ3v) is 2.57. The van der Waals surface area contributed by atoms with Crippen molar-refractivity contribution < 1.29 is 10.2 Å². The van der Waals surface area contributed by atoms with Gasteiger partial charge in [0.05, 0.1) is 0 Å². The third-order valence-electron chi connectivity index (χ3n) is 2.57. The van der Waals surface area contributed by atoms with Gasteiger partial charge < -0.3 is 15.5 Å².